The lowest BCUT2D eigenvalue weighted by atomic mass is 10.1. The number of rotatable bonds is 6. The molecule has 2 fully saturated rings. The number of fused-ring (bicyclic) bond motifs is 2. The molecular formula is C31H31Cl2N3O2Si. The molecule has 0 radical (unpaired) electrons. The summed E-state index contributed by atoms with van der Waals surface area (Å²) in [5, 5.41) is 7.62. The van der Waals surface area contributed by atoms with Gasteiger partial charge in [0.15, 0.2) is 0 Å². The first-order valence-corrected chi connectivity index (χ1v) is 16.1. The van der Waals surface area contributed by atoms with Gasteiger partial charge in [-0.25, -0.2) is 9.97 Å². The SMILES string of the molecule is CC(C)(C)[Si](OC1C[C@@H]2[C@H](C1)[C@H]2C(=O)Nc1cc2cc(Cl)nc(Cl)c2cn1)(c1ccccc1)c1ccccc1. The molecule has 0 bridgehead atoms. The summed E-state index contributed by atoms with van der Waals surface area (Å²) in [5.41, 5.74) is 0. The molecule has 1 N–H and O–H groups in total. The molecule has 8 heteroatoms. The highest BCUT2D eigenvalue weighted by atomic mass is 35.5. The molecule has 0 saturated heterocycles. The number of nitrogens with one attached hydrogen (secondary N) is 1. The van der Waals surface area contributed by atoms with Gasteiger partial charge in [-0.05, 0) is 57.6 Å². The van der Waals surface area contributed by atoms with Gasteiger partial charge in [-0.1, -0.05) is 105 Å². The van der Waals surface area contributed by atoms with Crippen molar-refractivity contribution in [3.63, 3.8) is 0 Å². The summed E-state index contributed by atoms with van der Waals surface area (Å²) in [6, 6.07) is 25.0. The van der Waals surface area contributed by atoms with Crippen LogP contribution in [-0.4, -0.2) is 30.3 Å². The van der Waals surface area contributed by atoms with Crippen LogP contribution in [0.3, 0.4) is 0 Å². The van der Waals surface area contributed by atoms with Crippen LogP contribution in [0.2, 0.25) is 15.3 Å². The first-order chi connectivity index (χ1) is 18.7. The number of benzene rings is 2. The van der Waals surface area contributed by atoms with E-state index in [2.05, 4.69) is 96.7 Å². The molecule has 2 saturated carbocycles. The van der Waals surface area contributed by atoms with Crippen LogP contribution in [0.15, 0.2) is 79.0 Å². The molecule has 2 aromatic carbocycles. The summed E-state index contributed by atoms with van der Waals surface area (Å²) in [6.45, 7) is 6.91. The molecule has 2 aliphatic rings. The third-order valence-corrected chi connectivity index (χ3v) is 13.9. The predicted octanol–water partition coefficient (Wildman–Crippen LogP) is 6.48. The number of amides is 1. The van der Waals surface area contributed by atoms with E-state index in [1.165, 1.54) is 10.4 Å². The Hall–Kier alpha value is -2.77. The van der Waals surface area contributed by atoms with E-state index >= 15 is 0 Å². The van der Waals surface area contributed by atoms with Crippen LogP contribution in [0.1, 0.15) is 33.6 Å². The maximum absolute atomic E-state index is 13.2. The first-order valence-electron chi connectivity index (χ1n) is 13.4. The highest BCUT2D eigenvalue weighted by Gasteiger charge is 2.62. The molecule has 4 aromatic rings. The molecule has 0 aliphatic heterocycles. The van der Waals surface area contributed by atoms with Crippen LogP contribution in [-0.2, 0) is 9.22 Å². The monoisotopic (exact) mass is 575 g/mol. The highest BCUT2D eigenvalue weighted by Crippen LogP contribution is 2.59. The zero-order valence-corrected chi connectivity index (χ0v) is 24.7. The third-order valence-electron chi connectivity index (χ3n) is 8.35. The number of carbonyl (C=O) groups is 1. The first kappa shape index (κ1) is 26.4. The zero-order valence-electron chi connectivity index (χ0n) is 22.2. The van der Waals surface area contributed by atoms with Crippen LogP contribution >= 0.6 is 23.2 Å². The maximum Gasteiger partial charge on any atom is 0.261 e. The van der Waals surface area contributed by atoms with Crippen molar-refractivity contribution < 1.29 is 9.22 Å². The normalized spacial score (nSPS) is 22.5. The number of nitrogens with zero attached hydrogens (tertiary/aromatic N) is 2. The average molecular weight is 577 g/mol. The topological polar surface area (TPSA) is 64.1 Å². The van der Waals surface area contributed by atoms with Crippen molar-refractivity contribution in [1.82, 2.24) is 9.97 Å². The van der Waals surface area contributed by atoms with Crippen LogP contribution < -0.4 is 15.7 Å². The van der Waals surface area contributed by atoms with Gasteiger partial charge in [0.25, 0.3) is 8.32 Å². The minimum Gasteiger partial charge on any atom is -0.404 e. The van der Waals surface area contributed by atoms with Crippen molar-refractivity contribution in [2.45, 2.75) is 44.8 Å². The summed E-state index contributed by atoms with van der Waals surface area (Å²) >= 11 is 12.2. The van der Waals surface area contributed by atoms with Crippen LogP contribution in [0, 0.1) is 17.8 Å². The average Bonchev–Trinajstić information content (AvgIpc) is 3.42. The van der Waals surface area contributed by atoms with E-state index in [-0.39, 0.29) is 23.0 Å². The Bertz CT molecular complexity index is 1480. The molecule has 6 rings (SSSR count). The van der Waals surface area contributed by atoms with Gasteiger partial charge >= 0.3 is 0 Å². The van der Waals surface area contributed by atoms with E-state index in [1.54, 1.807) is 18.3 Å². The van der Waals surface area contributed by atoms with Crippen LogP contribution in [0.5, 0.6) is 0 Å². The summed E-state index contributed by atoms with van der Waals surface area (Å²) in [5.74, 6) is 1.18. The highest BCUT2D eigenvalue weighted by molar-refractivity contribution is 6.99. The summed E-state index contributed by atoms with van der Waals surface area (Å²) < 4.78 is 7.32. The fourth-order valence-electron chi connectivity index (χ4n) is 6.57. The van der Waals surface area contributed by atoms with E-state index in [1.807, 2.05) is 0 Å². The van der Waals surface area contributed by atoms with Gasteiger partial charge in [-0.2, -0.15) is 0 Å². The Labute approximate surface area is 240 Å². The number of aromatic nitrogens is 2. The van der Waals surface area contributed by atoms with Gasteiger partial charge in [0.05, 0.1) is 0 Å². The fraction of sp³-hybridized carbons (Fsp3) is 0.323. The standard InChI is InChI=1S/C31H31Cl2N3O2Si/c1-31(2,3)39(21-10-6-4-7-11-21,22-12-8-5-9-13-22)38-20-16-23-24(17-20)28(23)30(37)36-27-15-19-14-26(32)35-29(33)25(19)18-34-27/h4-15,18,20,23-24,28H,16-17H2,1-3H3,(H,34,36,37)/t20?,23-,24+,28+. The zero-order chi connectivity index (χ0) is 27.4. The molecule has 5 nitrogen and oxygen atoms in total. The molecule has 39 heavy (non-hydrogen) atoms. The lowest BCUT2D eigenvalue weighted by Gasteiger charge is -2.45. The van der Waals surface area contributed by atoms with E-state index < -0.39 is 8.32 Å². The molecule has 0 spiro atoms. The second kappa shape index (κ2) is 10.0. The van der Waals surface area contributed by atoms with Crippen LogP contribution in [0.4, 0.5) is 5.82 Å². The second-order valence-electron chi connectivity index (χ2n) is 11.7. The number of carbonyl (C=O) groups excluding carboxylic acids is 1. The molecule has 1 amide bonds. The molecule has 2 aliphatic carbocycles. The lowest BCUT2D eigenvalue weighted by Crippen LogP contribution is -2.67. The van der Waals surface area contributed by atoms with Crippen molar-refractivity contribution in [1.29, 1.82) is 0 Å². The number of hydrogen-bond donors (Lipinski definition) is 1. The quantitative estimate of drug-likeness (QED) is 0.211. The van der Waals surface area contributed by atoms with Crippen molar-refractivity contribution in [2.24, 2.45) is 17.8 Å². The molecule has 4 atom stereocenters. The Balaban J connectivity index is 1.19. The number of hydrogen-bond acceptors (Lipinski definition) is 4. The van der Waals surface area contributed by atoms with Crippen molar-refractivity contribution in [3.8, 4) is 0 Å². The maximum atomic E-state index is 13.2. The van der Waals surface area contributed by atoms with Crippen molar-refractivity contribution in [2.75, 3.05) is 5.32 Å². The van der Waals surface area contributed by atoms with Gasteiger partial charge in [0.1, 0.15) is 16.1 Å². The fourth-order valence-corrected chi connectivity index (χ4v) is 11.8. The van der Waals surface area contributed by atoms with Gasteiger partial charge in [-0.15, -0.1) is 0 Å². The largest absolute Gasteiger partial charge is 0.404 e. The van der Waals surface area contributed by atoms with E-state index in [0.29, 0.717) is 33.3 Å². The molecule has 1 unspecified atom stereocenters. The minimum atomic E-state index is -2.61. The van der Waals surface area contributed by atoms with Gasteiger partial charge in [0.2, 0.25) is 5.91 Å². The second-order valence-corrected chi connectivity index (χ2v) is 16.7. The van der Waals surface area contributed by atoms with E-state index in [9.17, 15) is 4.79 Å². The Morgan fingerprint density at radius 1 is 0.949 bits per heavy atom. The lowest BCUT2D eigenvalue weighted by molar-refractivity contribution is -0.118. The summed E-state index contributed by atoms with van der Waals surface area (Å²) in [6.07, 6.45) is 3.55. The van der Waals surface area contributed by atoms with Gasteiger partial charge < -0.3 is 9.74 Å². The summed E-state index contributed by atoms with van der Waals surface area (Å²) in [7, 11) is -2.61. The van der Waals surface area contributed by atoms with Gasteiger partial charge in [0, 0.05) is 23.6 Å². The third kappa shape index (κ3) is 4.78. The predicted molar refractivity (Wildman–Crippen MR) is 160 cm³/mol. The van der Waals surface area contributed by atoms with Crippen LogP contribution in [0.25, 0.3) is 10.8 Å². The molecule has 2 aromatic heterocycles. The minimum absolute atomic E-state index is 0.00823. The Morgan fingerprint density at radius 2 is 1.54 bits per heavy atom. The van der Waals surface area contributed by atoms with Crippen molar-refractivity contribution >= 4 is 64.4 Å². The number of anilines is 1. The number of halogens is 2. The smallest absolute Gasteiger partial charge is 0.261 e. The summed E-state index contributed by atoms with van der Waals surface area (Å²) in [4.78, 5) is 21.6. The Morgan fingerprint density at radius 3 is 2.10 bits per heavy atom. The number of pyridine rings is 2. The van der Waals surface area contributed by atoms with E-state index in [4.69, 9.17) is 27.6 Å². The Kier molecular flexibility index (Phi) is 6.78. The molecular weight excluding hydrogens is 545 g/mol. The van der Waals surface area contributed by atoms with Crippen molar-refractivity contribution in [3.05, 3.63) is 89.3 Å². The molecule has 2 heterocycles. The van der Waals surface area contributed by atoms with E-state index in [0.717, 1.165) is 18.2 Å². The van der Waals surface area contributed by atoms with Gasteiger partial charge in [-0.3, -0.25) is 4.79 Å². The molecule has 200 valence electrons.